The van der Waals surface area contributed by atoms with E-state index in [9.17, 15) is 4.79 Å². The highest BCUT2D eigenvalue weighted by molar-refractivity contribution is 5.85. The topological polar surface area (TPSA) is 41.1 Å². The van der Waals surface area contributed by atoms with Crippen molar-refractivity contribution >= 4 is 18.3 Å². The monoisotopic (exact) mass is 274 g/mol. The van der Waals surface area contributed by atoms with Gasteiger partial charge in [-0.3, -0.25) is 4.79 Å². The molecule has 2 fully saturated rings. The number of hydrogen-bond donors (Lipinski definition) is 2. The van der Waals surface area contributed by atoms with Crippen molar-refractivity contribution in [1.29, 1.82) is 0 Å². The highest BCUT2D eigenvalue weighted by Gasteiger charge is 2.22. The molecular weight excluding hydrogens is 248 g/mol. The summed E-state index contributed by atoms with van der Waals surface area (Å²) in [6.07, 6.45) is 8.66. The van der Waals surface area contributed by atoms with Gasteiger partial charge in [0.25, 0.3) is 0 Å². The largest absolute Gasteiger partial charge is 0.354 e. The molecule has 1 atom stereocenters. The summed E-state index contributed by atoms with van der Waals surface area (Å²) in [6, 6.07) is 0.0752. The molecule has 106 valence electrons. The number of amides is 1. The Morgan fingerprint density at radius 2 is 1.89 bits per heavy atom. The van der Waals surface area contributed by atoms with Crippen LogP contribution in [0, 0.1) is 11.8 Å². The lowest BCUT2D eigenvalue weighted by Crippen LogP contribution is -2.47. The fourth-order valence-electron chi connectivity index (χ4n) is 2.98. The molecule has 1 aliphatic heterocycles. The molecular formula is C14H27ClN2O. The molecule has 18 heavy (non-hydrogen) atoms. The van der Waals surface area contributed by atoms with Gasteiger partial charge in [-0.05, 0) is 44.1 Å². The quantitative estimate of drug-likeness (QED) is 0.830. The lowest BCUT2D eigenvalue weighted by Gasteiger charge is -2.28. The van der Waals surface area contributed by atoms with Gasteiger partial charge in [-0.15, -0.1) is 12.4 Å². The Morgan fingerprint density at radius 1 is 1.17 bits per heavy atom. The molecule has 0 spiro atoms. The minimum Gasteiger partial charge on any atom is -0.354 e. The first-order valence-electron chi connectivity index (χ1n) is 7.27. The maximum absolute atomic E-state index is 11.9. The number of carbonyl (C=O) groups excluding carboxylic acids is 1. The van der Waals surface area contributed by atoms with Crippen molar-refractivity contribution in [3.63, 3.8) is 0 Å². The van der Waals surface area contributed by atoms with E-state index in [1.807, 2.05) is 0 Å². The van der Waals surface area contributed by atoms with Crippen molar-refractivity contribution in [3.05, 3.63) is 0 Å². The average molecular weight is 275 g/mol. The fraction of sp³-hybridized carbons (Fsp3) is 0.929. The van der Waals surface area contributed by atoms with Gasteiger partial charge in [0, 0.05) is 6.54 Å². The van der Waals surface area contributed by atoms with Crippen LogP contribution in [0.1, 0.15) is 51.9 Å². The molecule has 1 aliphatic carbocycles. The van der Waals surface area contributed by atoms with Gasteiger partial charge in [0.05, 0.1) is 6.04 Å². The van der Waals surface area contributed by atoms with E-state index in [1.165, 1.54) is 38.5 Å². The van der Waals surface area contributed by atoms with Crippen LogP contribution in [0.5, 0.6) is 0 Å². The van der Waals surface area contributed by atoms with Gasteiger partial charge in [-0.25, -0.2) is 0 Å². The third kappa shape index (κ3) is 4.77. The van der Waals surface area contributed by atoms with Crippen molar-refractivity contribution in [3.8, 4) is 0 Å². The number of halogens is 1. The molecule has 0 aromatic carbocycles. The first kappa shape index (κ1) is 15.8. The van der Waals surface area contributed by atoms with Crippen molar-refractivity contribution in [1.82, 2.24) is 10.6 Å². The summed E-state index contributed by atoms with van der Waals surface area (Å²) in [4.78, 5) is 11.9. The molecule has 1 unspecified atom stereocenters. The Hall–Kier alpha value is -0.280. The van der Waals surface area contributed by atoms with Crippen LogP contribution in [0.4, 0.5) is 0 Å². The minimum absolute atomic E-state index is 0. The molecule has 3 nitrogen and oxygen atoms in total. The number of rotatable bonds is 3. The summed E-state index contributed by atoms with van der Waals surface area (Å²) in [5.41, 5.74) is 0. The van der Waals surface area contributed by atoms with Gasteiger partial charge in [0.2, 0.25) is 5.91 Å². The van der Waals surface area contributed by atoms with Gasteiger partial charge in [0.1, 0.15) is 0 Å². The SMILES string of the molecule is CC1CCC(CNC(=O)C2CCCCN2)CC1.Cl. The van der Waals surface area contributed by atoms with Crippen LogP contribution >= 0.6 is 12.4 Å². The first-order chi connectivity index (χ1) is 8.25. The average Bonchev–Trinajstić information content (AvgIpc) is 2.39. The number of piperidine rings is 1. The summed E-state index contributed by atoms with van der Waals surface area (Å²) < 4.78 is 0. The predicted molar refractivity (Wildman–Crippen MR) is 77.0 cm³/mol. The molecule has 2 aliphatic rings. The van der Waals surface area contributed by atoms with Crippen LogP contribution in [-0.4, -0.2) is 25.0 Å². The summed E-state index contributed by atoms with van der Waals surface area (Å²) in [6.45, 7) is 4.23. The van der Waals surface area contributed by atoms with Crippen LogP contribution in [0.25, 0.3) is 0 Å². The van der Waals surface area contributed by atoms with E-state index in [0.717, 1.165) is 31.3 Å². The van der Waals surface area contributed by atoms with Crippen LogP contribution < -0.4 is 10.6 Å². The normalized spacial score (nSPS) is 32.4. The van der Waals surface area contributed by atoms with Crippen LogP contribution in [0.2, 0.25) is 0 Å². The van der Waals surface area contributed by atoms with Crippen LogP contribution in [-0.2, 0) is 4.79 Å². The lowest BCUT2D eigenvalue weighted by atomic mass is 9.83. The van der Waals surface area contributed by atoms with E-state index < -0.39 is 0 Å². The van der Waals surface area contributed by atoms with Crippen molar-refractivity contribution in [2.75, 3.05) is 13.1 Å². The summed E-state index contributed by atoms with van der Waals surface area (Å²) in [5, 5.41) is 6.44. The molecule has 0 bridgehead atoms. The van der Waals surface area contributed by atoms with Crippen LogP contribution in [0.3, 0.4) is 0 Å². The third-order valence-corrected chi connectivity index (χ3v) is 4.33. The van der Waals surface area contributed by atoms with E-state index in [1.54, 1.807) is 0 Å². The summed E-state index contributed by atoms with van der Waals surface area (Å²) in [5.74, 6) is 1.84. The first-order valence-corrected chi connectivity index (χ1v) is 7.27. The standard InChI is InChI=1S/C14H26N2O.ClH/c1-11-5-7-12(8-6-11)10-16-14(17)13-4-2-3-9-15-13;/h11-13,15H,2-10H2,1H3,(H,16,17);1H. The van der Waals surface area contributed by atoms with Gasteiger partial charge in [0.15, 0.2) is 0 Å². The molecule has 4 heteroatoms. The second-order valence-electron chi connectivity index (χ2n) is 5.87. The third-order valence-electron chi connectivity index (χ3n) is 4.33. The molecule has 0 radical (unpaired) electrons. The zero-order valence-corrected chi connectivity index (χ0v) is 12.2. The Balaban J connectivity index is 0.00000162. The van der Waals surface area contributed by atoms with E-state index in [-0.39, 0.29) is 24.4 Å². The molecule has 2 rings (SSSR count). The number of nitrogens with one attached hydrogen (secondary N) is 2. The van der Waals surface area contributed by atoms with Gasteiger partial charge in [-0.1, -0.05) is 26.2 Å². The summed E-state index contributed by atoms with van der Waals surface area (Å²) in [7, 11) is 0. The predicted octanol–water partition coefficient (Wildman–Crippen LogP) is 2.49. The fourth-order valence-corrected chi connectivity index (χ4v) is 2.98. The summed E-state index contributed by atoms with van der Waals surface area (Å²) >= 11 is 0. The lowest BCUT2D eigenvalue weighted by molar-refractivity contribution is -0.123. The second-order valence-corrected chi connectivity index (χ2v) is 5.87. The Morgan fingerprint density at radius 3 is 2.50 bits per heavy atom. The zero-order chi connectivity index (χ0) is 12.1. The number of hydrogen-bond acceptors (Lipinski definition) is 2. The van der Waals surface area contributed by atoms with E-state index in [2.05, 4.69) is 17.6 Å². The Kier molecular flexibility index (Phi) is 7.02. The molecule has 0 aromatic heterocycles. The zero-order valence-electron chi connectivity index (χ0n) is 11.4. The number of carbonyl (C=O) groups is 1. The highest BCUT2D eigenvalue weighted by Crippen LogP contribution is 2.27. The highest BCUT2D eigenvalue weighted by atomic mass is 35.5. The van der Waals surface area contributed by atoms with Crippen molar-refractivity contribution < 1.29 is 4.79 Å². The van der Waals surface area contributed by atoms with Crippen molar-refractivity contribution in [2.45, 2.75) is 57.9 Å². The maximum Gasteiger partial charge on any atom is 0.237 e. The Bertz CT molecular complexity index is 246. The molecule has 1 saturated carbocycles. The molecule has 1 amide bonds. The Labute approximate surface area is 117 Å². The van der Waals surface area contributed by atoms with Gasteiger partial charge in [-0.2, -0.15) is 0 Å². The molecule has 2 N–H and O–H groups in total. The van der Waals surface area contributed by atoms with E-state index in [0.29, 0.717) is 0 Å². The van der Waals surface area contributed by atoms with Crippen LogP contribution in [0.15, 0.2) is 0 Å². The maximum atomic E-state index is 11.9. The van der Waals surface area contributed by atoms with Gasteiger partial charge >= 0.3 is 0 Å². The van der Waals surface area contributed by atoms with E-state index in [4.69, 9.17) is 0 Å². The minimum atomic E-state index is 0. The molecule has 1 heterocycles. The van der Waals surface area contributed by atoms with Gasteiger partial charge < -0.3 is 10.6 Å². The molecule has 0 aromatic rings. The smallest absolute Gasteiger partial charge is 0.237 e. The van der Waals surface area contributed by atoms with Crippen molar-refractivity contribution in [2.24, 2.45) is 11.8 Å². The van der Waals surface area contributed by atoms with E-state index >= 15 is 0 Å². The second kappa shape index (κ2) is 8.00. The molecule has 1 saturated heterocycles.